The van der Waals surface area contributed by atoms with Gasteiger partial charge in [0.1, 0.15) is 5.82 Å². The number of aromatic nitrogens is 2. The Hall–Kier alpha value is -1.36. The lowest BCUT2D eigenvalue weighted by atomic mass is 9.65. The summed E-state index contributed by atoms with van der Waals surface area (Å²) in [6.45, 7) is 3.44. The molecule has 116 valence electrons. The van der Waals surface area contributed by atoms with Crippen LogP contribution in [0.1, 0.15) is 37.9 Å². The van der Waals surface area contributed by atoms with Gasteiger partial charge in [-0.3, -0.25) is 4.79 Å². The molecule has 0 radical (unpaired) electrons. The van der Waals surface area contributed by atoms with Gasteiger partial charge >= 0.3 is 0 Å². The predicted molar refractivity (Wildman–Crippen MR) is 81.5 cm³/mol. The molecule has 0 spiro atoms. The normalized spacial score (nSPS) is 31.9. The van der Waals surface area contributed by atoms with Crippen molar-refractivity contribution in [2.45, 2.75) is 51.6 Å². The molecule has 5 nitrogen and oxygen atoms in total. The number of nitrogens with zero attached hydrogens (tertiary/aromatic N) is 2. The third-order valence-corrected chi connectivity index (χ3v) is 5.36. The molecular formula is C16H26N4O. The number of nitrogens with one attached hydrogen (secondary N) is 1. The zero-order chi connectivity index (χ0) is 14.8. The van der Waals surface area contributed by atoms with Crippen LogP contribution >= 0.6 is 0 Å². The van der Waals surface area contributed by atoms with Crippen molar-refractivity contribution in [3.05, 3.63) is 18.2 Å². The maximum atomic E-state index is 12.4. The molecule has 1 amide bonds. The standard InChI is InChI=1S/C16H26N4O/c1-11-18-5-7-20(11)8-6-19-16(21)14-9-12-3-2-4-13(10-14)15(12)17/h5,7,12-15H,2-4,6,8-10,17H2,1H3,(H,19,21). The predicted octanol–water partition coefficient (Wildman–Crippen LogP) is 1.46. The summed E-state index contributed by atoms with van der Waals surface area (Å²) in [5, 5.41) is 3.09. The number of carbonyl (C=O) groups is 1. The number of hydrogen-bond acceptors (Lipinski definition) is 3. The van der Waals surface area contributed by atoms with Crippen LogP contribution in [0, 0.1) is 24.7 Å². The fraction of sp³-hybridized carbons (Fsp3) is 0.750. The van der Waals surface area contributed by atoms with Crippen molar-refractivity contribution >= 4 is 5.91 Å². The molecule has 3 N–H and O–H groups in total. The Balaban J connectivity index is 1.48. The summed E-state index contributed by atoms with van der Waals surface area (Å²) in [4.78, 5) is 16.6. The Morgan fingerprint density at radius 1 is 1.43 bits per heavy atom. The number of fused-ring (bicyclic) bond motifs is 2. The second-order valence-electron chi connectivity index (χ2n) is 6.66. The van der Waals surface area contributed by atoms with Gasteiger partial charge in [0.05, 0.1) is 0 Å². The molecular weight excluding hydrogens is 264 g/mol. The number of nitrogens with two attached hydrogens (primary N) is 1. The van der Waals surface area contributed by atoms with Crippen LogP contribution in [0.15, 0.2) is 12.4 Å². The quantitative estimate of drug-likeness (QED) is 0.882. The average molecular weight is 290 g/mol. The minimum atomic E-state index is 0.170. The number of aryl methyl sites for hydroxylation is 1. The van der Waals surface area contributed by atoms with Gasteiger partial charge in [-0.15, -0.1) is 0 Å². The van der Waals surface area contributed by atoms with Crippen LogP contribution in [-0.2, 0) is 11.3 Å². The van der Waals surface area contributed by atoms with E-state index in [2.05, 4.69) is 14.9 Å². The zero-order valence-corrected chi connectivity index (χ0v) is 12.8. The second-order valence-corrected chi connectivity index (χ2v) is 6.66. The van der Waals surface area contributed by atoms with Crippen LogP contribution in [0.4, 0.5) is 0 Å². The molecule has 2 aliphatic carbocycles. The van der Waals surface area contributed by atoms with Crippen molar-refractivity contribution in [3.8, 4) is 0 Å². The molecule has 0 aromatic carbocycles. The summed E-state index contributed by atoms with van der Waals surface area (Å²) < 4.78 is 2.06. The van der Waals surface area contributed by atoms with Gasteiger partial charge in [0.15, 0.2) is 0 Å². The number of amides is 1. The van der Waals surface area contributed by atoms with Crippen LogP contribution in [0.5, 0.6) is 0 Å². The lowest BCUT2D eigenvalue weighted by Crippen LogP contribution is -2.49. The van der Waals surface area contributed by atoms with E-state index in [-0.39, 0.29) is 11.8 Å². The van der Waals surface area contributed by atoms with E-state index in [0.717, 1.165) is 25.2 Å². The molecule has 2 unspecified atom stereocenters. The summed E-state index contributed by atoms with van der Waals surface area (Å²) in [7, 11) is 0. The number of hydrogen-bond donors (Lipinski definition) is 2. The molecule has 1 heterocycles. The molecule has 0 aliphatic heterocycles. The minimum Gasteiger partial charge on any atom is -0.354 e. The molecule has 5 heteroatoms. The van der Waals surface area contributed by atoms with Crippen LogP contribution < -0.4 is 11.1 Å². The lowest BCUT2D eigenvalue weighted by Gasteiger charge is -2.43. The summed E-state index contributed by atoms with van der Waals surface area (Å²) in [5.74, 6) is 2.50. The first-order valence-electron chi connectivity index (χ1n) is 8.16. The Morgan fingerprint density at radius 3 is 2.76 bits per heavy atom. The van der Waals surface area contributed by atoms with Gasteiger partial charge in [-0.2, -0.15) is 0 Å². The first-order valence-corrected chi connectivity index (χ1v) is 8.16. The Labute approximate surface area is 126 Å². The second kappa shape index (κ2) is 6.18. The van der Waals surface area contributed by atoms with Crippen molar-refractivity contribution in [3.63, 3.8) is 0 Å². The van der Waals surface area contributed by atoms with E-state index in [1.807, 2.05) is 13.1 Å². The van der Waals surface area contributed by atoms with Crippen molar-refractivity contribution < 1.29 is 4.79 Å². The number of carbonyl (C=O) groups excluding carboxylic acids is 1. The SMILES string of the molecule is Cc1nccn1CCNC(=O)C1CC2CCCC(C1)C2N. The third kappa shape index (κ3) is 3.12. The van der Waals surface area contributed by atoms with Crippen molar-refractivity contribution in [1.29, 1.82) is 0 Å². The average Bonchev–Trinajstić information content (AvgIpc) is 2.84. The molecule has 2 fully saturated rings. The van der Waals surface area contributed by atoms with E-state index < -0.39 is 0 Å². The summed E-state index contributed by atoms with van der Waals surface area (Å²) >= 11 is 0. The maximum Gasteiger partial charge on any atom is 0.223 e. The lowest BCUT2D eigenvalue weighted by molar-refractivity contribution is -0.127. The topological polar surface area (TPSA) is 72.9 Å². The van der Waals surface area contributed by atoms with Gasteiger partial charge in [-0.25, -0.2) is 4.98 Å². The van der Waals surface area contributed by atoms with Crippen molar-refractivity contribution in [1.82, 2.24) is 14.9 Å². The Kier molecular flexibility index (Phi) is 4.29. The summed E-state index contributed by atoms with van der Waals surface area (Å²) in [6.07, 6.45) is 9.40. The highest BCUT2D eigenvalue weighted by Crippen LogP contribution is 2.41. The highest BCUT2D eigenvalue weighted by Gasteiger charge is 2.40. The highest BCUT2D eigenvalue weighted by molar-refractivity contribution is 5.78. The van der Waals surface area contributed by atoms with Gasteiger partial charge in [-0.05, 0) is 44.4 Å². The van der Waals surface area contributed by atoms with E-state index in [1.54, 1.807) is 6.20 Å². The molecule has 2 aliphatic rings. The van der Waals surface area contributed by atoms with E-state index in [4.69, 9.17) is 5.73 Å². The highest BCUT2D eigenvalue weighted by atomic mass is 16.1. The maximum absolute atomic E-state index is 12.4. The Bertz CT molecular complexity index is 484. The number of rotatable bonds is 4. The van der Waals surface area contributed by atoms with E-state index >= 15 is 0 Å². The van der Waals surface area contributed by atoms with Crippen LogP contribution in [0.2, 0.25) is 0 Å². The smallest absolute Gasteiger partial charge is 0.223 e. The molecule has 21 heavy (non-hydrogen) atoms. The first-order chi connectivity index (χ1) is 10.1. The third-order valence-electron chi connectivity index (χ3n) is 5.36. The van der Waals surface area contributed by atoms with Crippen LogP contribution in [-0.4, -0.2) is 28.0 Å². The molecule has 1 aromatic rings. The van der Waals surface area contributed by atoms with Crippen LogP contribution in [0.3, 0.4) is 0 Å². The molecule has 0 saturated heterocycles. The van der Waals surface area contributed by atoms with Crippen molar-refractivity contribution in [2.24, 2.45) is 23.5 Å². The van der Waals surface area contributed by atoms with Crippen LogP contribution in [0.25, 0.3) is 0 Å². The Morgan fingerprint density at radius 2 is 2.14 bits per heavy atom. The zero-order valence-electron chi connectivity index (χ0n) is 12.8. The van der Waals surface area contributed by atoms with Gasteiger partial charge in [0, 0.05) is 37.4 Å². The summed E-state index contributed by atoms with van der Waals surface area (Å²) in [5.41, 5.74) is 6.29. The van der Waals surface area contributed by atoms with Gasteiger partial charge < -0.3 is 15.6 Å². The van der Waals surface area contributed by atoms with Gasteiger partial charge in [0.2, 0.25) is 5.91 Å². The number of imidazole rings is 1. The monoisotopic (exact) mass is 290 g/mol. The molecule has 1 aromatic heterocycles. The molecule has 2 saturated carbocycles. The first kappa shape index (κ1) is 14.6. The fourth-order valence-electron chi connectivity index (χ4n) is 4.09. The van der Waals surface area contributed by atoms with Crippen molar-refractivity contribution in [2.75, 3.05) is 6.54 Å². The molecule has 2 bridgehead atoms. The van der Waals surface area contributed by atoms with E-state index in [0.29, 0.717) is 24.4 Å². The molecule has 2 atom stereocenters. The fourth-order valence-corrected chi connectivity index (χ4v) is 4.09. The largest absolute Gasteiger partial charge is 0.354 e. The van der Waals surface area contributed by atoms with E-state index in [1.165, 1.54) is 19.3 Å². The van der Waals surface area contributed by atoms with Gasteiger partial charge in [-0.1, -0.05) is 6.42 Å². The molecule has 3 rings (SSSR count). The summed E-state index contributed by atoms with van der Waals surface area (Å²) in [6, 6.07) is 0.330. The van der Waals surface area contributed by atoms with Gasteiger partial charge in [0.25, 0.3) is 0 Å². The van der Waals surface area contributed by atoms with E-state index in [9.17, 15) is 4.79 Å². The minimum absolute atomic E-state index is 0.170.